The molecule has 1 aliphatic heterocycles. The highest BCUT2D eigenvalue weighted by molar-refractivity contribution is 8.00. The van der Waals surface area contributed by atoms with Gasteiger partial charge in [-0.25, -0.2) is 9.97 Å². The minimum atomic E-state index is -0.200. The van der Waals surface area contributed by atoms with Crippen LogP contribution in [0.3, 0.4) is 0 Å². The second-order valence-electron chi connectivity index (χ2n) is 10.9. The summed E-state index contributed by atoms with van der Waals surface area (Å²) < 4.78 is 6.07. The molecule has 192 valence electrons. The van der Waals surface area contributed by atoms with E-state index in [0.29, 0.717) is 18.9 Å². The molecule has 0 spiro atoms. The van der Waals surface area contributed by atoms with Gasteiger partial charge in [-0.1, -0.05) is 68.3 Å². The third-order valence-electron chi connectivity index (χ3n) is 7.61. The fraction of sp³-hybridized carbons (Fsp3) is 0.552. The zero-order chi connectivity index (χ0) is 25.2. The number of fused-ring (bicyclic) bond motifs is 3. The molecule has 1 amide bonds. The molecule has 1 saturated carbocycles. The maximum atomic E-state index is 13.1. The maximum absolute atomic E-state index is 13.1. The number of aromatic nitrogens is 2. The zero-order valence-electron chi connectivity index (χ0n) is 21.7. The van der Waals surface area contributed by atoms with Crippen LogP contribution in [0.2, 0.25) is 0 Å². The first-order valence-electron chi connectivity index (χ1n) is 13.3. The Kier molecular flexibility index (Phi) is 7.70. The molecule has 3 heterocycles. The topological polar surface area (TPSA) is 64.1 Å². The summed E-state index contributed by atoms with van der Waals surface area (Å²) in [5.74, 6) is 1.34. The smallest absolute Gasteiger partial charge is 0.230 e. The number of unbranched alkanes of at least 4 members (excludes halogenated alkanes) is 1. The van der Waals surface area contributed by atoms with Crippen molar-refractivity contribution >= 4 is 39.2 Å². The number of ether oxygens (including phenoxy) is 1. The number of carbonyl (C=O) groups excluding carboxylic acids is 1. The van der Waals surface area contributed by atoms with E-state index in [0.717, 1.165) is 59.6 Å². The second kappa shape index (κ2) is 10.8. The Morgan fingerprint density at radius 1 is 1.17 bits per heavy atom. The standard InChI is InChI=1S/C29H37N3O2S2/c1-4-5-13-23-31-26(25-21-16-28(2,3)34-17-22(21)36-27(25)32-23)35-18-24(33)30-19-29(14-9-10-15-29)20-11-7-6-8-12-20/h6-8,11-12H,4-5,9-10,13-19H2,1-3H3,(H,30,33). The van der Waals surface area contributed by atoms with Gasteiger partial charge in [0, 0.05) is 35.1 Å². The number of hydrogen-bond acceptors (Lipinski definition) is 6. The Hall–Kier alpha value is -1.96. The van der Waals surface area contributed by atoms with Gasteiger partial charge in [-0.05, 0) is 44.2 Å². The molecule has 2 aliphatic rings. The minimum absolute atomic E-state index is 0.0646. The van der Waals surface area contributed by atoms with Gasteiger partial charge in [0.05, 0.1) is 18.0 Å². The summed E-state index contributed by atoms with van der Waals surface area (Å²) in [6.07, 6.45) is 8.62. The predicted molar refractivity (Wildman–Crippen MR) is 149 cm³/mol. The van der Waals surface area contributed by atoms with Crippen LogP contribution < -0.4 is 5.32 Å². The van der Waals surface area contributed by atoms with Gasteiger partial charge in [0.25, 0.3) is 0 Å². The molecule has 2 aromatic heterocycles. The summed E-state index contributed by atoms with van der Waals surface area (Å²) in [5, 5.41) is 5.37. The van der Waals surface area contributed by atoms with Gasteiger partial charge < -0.3 is 10.1 Å². The lowest BCUT2D eigenvalue weighted by molar-refractivity contribution is -0.118. The summed E-state index contributed by atoms with van der Waals surface area (Å²) in [5.41, 5.74) is 2.53. The largest absolute Gasteiger partial charge is 0.370 e. The average Bonchev–Trinajstić information content (AvgIpc) is 3.50. The Morgan fingerprint density at radius 2 is 1.94 bits per heavy atom. The molecule has 0 saturated heterocycles. The molecule has 5 nitrogen and oxygen atoms in total. The van der Waals surface area contributed by atoms with Crippen LogP contribution in [0, 0.1) is 0 Å². The molecular weight excluding hydrogens is 486 g/mol. The summed E-state index contributed by atoms with van der Waals surface area (Å²) in [6.45, 7) is 7.80. The van der Waals surface area contributed by atoms with Crippen LogP contribution in [0.25, 0.3) is 10.2 Å². The number of aryl methyl sites for hydroxylation is 1. The molecule has 5 rings (SSSR count). The van der Waals surface area contributed by atoms with E-state index in [4.69, 9.17) is 14.7 Å². The molecule has 0 unspecified atom stereocenters. The maximum Gasteiger partial charge on any atom is 0.230 e. The van der Waals surface area contributed by atoms with Gasteiger partial charge in [0.2, 0.25) is 5.91 Å². The Balaban J connectivity index is 1.34. The van der Waals surface area contributed by atoms with E-state index in [2.05, 4.69) is 56.4 Å². The van der Waals surface area contributed by atoms with Crippen LogP contribution in [-0.4, -0.2) is 33.8 Å². The Bertz CT molecular complexity index is 1220. The van der Waals surface area contributed by atoms with Crippen molar-refractivity contribution in [3.63, 3.8) is 0 Å². The summed E-state index contributed by atoms with van der Waals surface area (Å²) >= 11 is 3.29. The number of amides is 1. The van der Waals surface area contributed by atoms with Crippen molar-refractivity contribution in [2.24, 2.45) is 0 Å². The fourth-order valence-corrected chi connectivity index (χ4v) is 7.66. The molecular formula is C29H37N3O2S2. The SMILES string of the molecule is CCCCc1nc(SCC(=O)NCC2(c3ccccc3)CCCC2)c2c3c(sc2n1)COC(C)(C)C3. The van der Waals surface area contributed by atoms with Crippen molar-refractivity contribution in [2.75, 3.05) is 12.3 Å². The lowest BCUT2D eigenvalue weighted by atomic mass is 9.79. The number of rotatable bonds is 9. The van der Waals surface area contributed by atoms with Crippen molar-refractivity contribution in [3.05, 3.63) is 52.2 Å². The molecule has 1 fully saturated rings. The van der Waals surface area contributed by atoms with Gasteiger partial charge in [0.15, 0.2) is 0 Å². The summed E-state index contributed by atoms with van der Waals surface area (Å²) in [4.78, 5) is 25.3. The fourth-order valence-electron chi connectivity index (χ4n) is 5.57. The first kappa shape index (κ1) is 25.7. The molecule has 36 heavy (non-hydrogen) atoms. The van der Waals surface area contributed by atoms with Crippen molar-refractivity contribution in [3.8, 4) is 0 Å². The van der Waals surface area contributed by atoms with Gasteiger partial charge >= 0.3 is 0 Å². The van der Waals surface area contributed by atoms with E-state index >= 15 is 0 Å². The number of benzene rings is 1. The van der Waals surface area contributed by atoms with Crippen molar-refractivity contribution in [1.29, 1.82) is 0 Å². The highest BCUT2D eigenvalue weighted by Crippen LogP contribution is 2.42. The third-order valence-corrected chi connectivity index (χ3v) is 9.68. The molecule has 0 radical (unpaired) electrons. The molecule has 3 aromatic rings. The van der Waals surface area contributed by atoms with Gasteiger partial charge in [-0.15, -0.1) is 11.3 Å². The molecule has 1 N–H and O–H groups in total. The Morgan fingerprint density at radius 3 is 2.69 bits per heavy atom. The van der Waals surface area contributed by atoms with Gasteiger partial charge in [0.1, 0.15) is 15.7 Å². The molecule has 7 heteroatoms. The van der Waals surface area contributed by atoms with E-state index in [1.807, 2.05) is 0 Å². The van der Waals surface area contributed by atoms with Gasteiger partial charge in [-0.2, -0.15) is 0 Å². The van der Waals surface area contributed by atoms with Crippen LogP contribution in [-0.2, 0) is 34.4 Å². The second-order valence-corrected chi connectivity index (χ2v) is 12.9. The minimum Gasteiger partial charge on any atom is -0.370 e. The lowest BCUT2D eigenvalue weighted by Crippen LogP contribution is -2.39. The normalized spacial score (nSPS) is 18.3. The van der Waals surface area contributed by atoms with Crippen LogP contribution >= 0.6 is 23.1 Å². The highest BCUT2D eigenvalue weighted by Gasteiger charge is 2.36. The number of thioether (sulfide) groups is 1. The van der Waals surface area contributed by atoms with Crippen LogP contribution in [0.15, 0.2) is 35.4 Å². The van der Waals surface area contributed by atoms with Gasteiger partial charge in [-0.3, -0.25) is 4.79 Å². The summed E-state index contributed by atoms with van der Waals surface area (Å²) in [7, 11) is 0. The van der Waals surface area contributed by atoms with Crippen molar-refractivity contribution in [1.82, 2.24) is 15.3 Å². The van der Waals surface area contributed by atoms with Crippen LogP contribution in [0.4, 0.5) is 0 Å². The average molecular weight is 524 g/mol. The predicted octanol–water partition coefficient (Wildman–Crippen LogP) is 6.61. The molecule has 1 aliphatic carbocycles. The third kappa shape index (κ3) is 5.48. The molecule has 1 aromatic carbocycles. The highest BCUT2D eigenvalue weighted by atomic mass is 32.2. The van der Waals surface area contributed by atoms with E-state index in [1.165, 1.54) is 28.8 Å². The molecule has 0 atom stereocenters. The number of carbonyl (C=O) groups is 1. The number of hydrogen-bond donors (Lipinski definition) is 1. The first-order valence-corrected chi connectivity index (χ1v) is 15.1. The first-order chi connectivity index (χ1) is 17.4. The van der Waals surface area contributed by atoms with E-state index < -0.39 is 0 Å². The quantitative estimate of drug-likeness (QED) is 0.253. The van der Waals surface area contributed by atoms with Crippen LogP contribution in [0.1, 0.15) is 81.1 Å². The van der Waals surface area contributed by atoms with Crippen molar-refractivity contribution in [2.45, 2.75) is 94.8 Å². The molecule has 0 bridgehead atoms. The number of nitrogens with one attached hydrogen (secondary N) is 1. The summed E-state index contributed by atoms with van der Waals surface area (Å²) in [6, 6.07) is 10.7. The number of nitrogens with zero attached hydrogens (tertiary/aromatic N) is 2. The lowest BCUT2D eigenvalue weighted by Gasteiger charge is -2.30. The zero-order valence-corrected chi connectivity index (χ0v) is 23.3. The van der Waals surface area contributed by atoms with Crippen molar-refractivity contribution < 1.29 is 9.53 Å². The monoisotopic (exact) mass is 523 g/mol. The van der Waals surface area contributed by atoms with E-state index in [-0.39, 0.29) is 16.9 Å². The van der Waals surface area contributed by atoms with E-state index in [1.54, 1.807) is 23.1 Å². The Labute approximate surface area is 222 Å². The van der Waals surface area contributed by atoms with E-state index in [9.17, 15) is 4.79 Å². The number of thiophene rings is 1. The van der Waals surface area contributed by atoms with Crippen LogP contribution in [0.5, 0.6) is 0 Å².